The van der Waals surface area contributed by atoms with E-state index in [-0.39, 0.29) is 0 Å². The Hall–Kier alpha value is -6.45. The second-order valence-electron chi connectivity index (χ2n) is 13.3. The maximum absolute atomic E-state index is 4.80. The van der Waals surface area contributed by atoms with Crippen molar-refractivity contribution in [1.29, 1.82) is 0 Å². The maximum Gasteiger partial charge on any atom is 0.0976 e. The van der Waals surface area contributed by atoms with E-state index in [1.165, 1.54) is 61.2 Å². The summed E-state index contributed by atoms with van der Waals surface area (Å²) in [6.07, 6.45) is 2.63. The number of aryl methyl sites for hydroxylation is 1. The number of hydrogen-bond acceptors (Lipinski definition) is 3. The van der Waals surface area contributed by atoms with Crippen LogP contribution in [0.5, 0.6) is 0 Å². The summed E-state index contributed by atoms with van der Waals surface area (Å²) >= 11 is 0. The highest BCUT2D eigenvalue weighted by Crippen LogP contribution is 2.54. The molecule has 3 heteroatoms. The fraction of sp³-hybridized carbons (Fsp3) is 0.0625. The molecular formula is C48H35N3. The van der Waals surface area contributed by atoms with Gasteiger partial charge in [0.2, 0.25) is 0 Å². The van der Waals surface area contributed by atoms with Gasteiger partial charge >= 0.3 is 0 Å². The van der Waals surface area contributed by atoms with Crippen LogP contribution in [0.4, 0.5) is 0 Å². The Labute approximate surface area is 299 Å². The molecule has 0 atom stereocenters. The molecule has 9 rings (SSSR count). The topological polar surface area (TPSA) is 38.7 Å². The highest BCUT2D eigenvalue weighted by atomic mass is 15.3. The predicted octanol–water partition coefficient (Wildman–Crippen LogP) is 12.1. The molecule has 1 aromatic heterocycles. The molecule has 0 saturated carbocycles. The Morgan fingerprint density at radius 3 is 1.69 bits per heavy atom. The molecule has 242 valence electrons. The summed E-state index contributed by atoms with van der Waals surface area (Å²) in [7, 11) is 0. The van der Waals surface area contributed by atoms with Crippen molar-refractivity contribution in [3.63, 3.8) is 0 Å². The van der Waals surface area contributed by atoms with Gasteiger partial charge in [0.05, 0.1) is 11.9 Å². The summed E-state index contributed by atoms with van der Waals surface area (Å²) in [6, 6.07) is 56.8. The zero-order valence-corrected chi connectivity index (χ0v) is 28.6. The van der Waals surface area contributed by atoms with E-state index >= 15 is 0 Å². The maximum atomic E-state index is 4.80. The smallest absolute Gasteiger partial charge is 0.0976 e. The molecule has 0 radical (unpaired) electrons. The monoisotopic (exact) mass is 653 g/mol. The summed E-state index contributed by atoms with van der Waals surface area (Å²) in [5.41, 5.74) is 21.4. The SMILES string of the molecule is Cc1cc2c(c(-c3c(-c4ccccc4-c4ccccc4)cc(-c4ccccc4)c(-c4ccccc4)c3-c3ccnnn3)c1C)Cc1ccccc1-2. The van der Waals surface area contributed by atoms with Gasteiger partial charge < -0.3 is 0 Å². The Kier molecular flexibility index (Phi) is 7.67. The fourth-order valence-electron chi connectivity index (χ4n) is 7.98. The van der Waals surface area contributed by atoms with Gasteiger partial charge in [0.15, 0.2) is 0 Å². The van der Waals surface area contributed by atoms with E-state index in [1.807, 2.05) is 6.07 Å². The summed E-state index contributed by atoms with van der Waals surface area (Å²) in [5.74, 6) is 0. The van der Waals surface area contributed by atoms with Crippen molar-refractivity contribution < 1.29 is 0 Å². The summed E-state index contributed by atoms with van der Waals surface area (Å²) in [5, 5.41) is 13.2. The van der Waals surface area contributed by atoms with Crippen LogP contribution < -0.4 is 0 Å². The van der Waals surface area contributed by atoms with E-state index in [0.717, 1.165) is 45.5 Å². The van der Waals surface area contributed by atoms with Crippen molar-refractivity contribution in [2.24, 2.45) is 0 Å². The lowest BCUT2D eigenvalue weighted by Gasteiger charge is -2.27. The first kappa shape index (κ1) is 30.6. The zero-order valence-electron chi connectivity index (χ0n) is 28.6. The summed E-state index contributed by atoms with van der Waals surface area (Å²) < 4.78 is 0. The van der Waals surface area contributed by atoms with Gasteiger partial charge in [0.25, 0.3) is 0 Å². The lowest BCUT2D eigenvalue weighted by atomic mass is 9.76. The van der Waals surface area contributed by atoms with Crippen LogP contribution in [-0.4, -0.2) is 15.4 Å². The highest BCUT2D eigenvalue weighted by molar-refractivity contribution is 6.10. The first-order valence-electron chi connectivity index (χ1n) is 17.5. The van der Waals surface area contributed by atoms with E-state index in [4.69, 9.17) is 5.10 Å². The molecule has 0 N–H and O–H groups in total. The first-order chi connectivity index (χ1) is 25.2. The molecule has 7 aromatic carbocycles. The molecule has 0 bridgehead atoms. The molecule has 1 heterocycles. The molecule has 0 spiro atoms. The van der Waals surface area contributed by atoms with Crippen LogP contribution >= 0.6 is 0 Å². The Bertz CT molecular complexity index is 2540. The van der Waals surface area contributed by atoms with Crippen LogP contribution in [0.25, 0.3) is 78.0 Å². The highest BCUT2D eigenvalue weighted by Gasteiger charge is 2.31. The van der Waals surface area contributed by atoms with Crippen molar-refractivity contribution >= 4 is 0 Å². The van der Waals surface area contributed by atoms with Gasteiger partial charge in [-0.25, -0.2) is 0 Å². The molecule has 8 aromatic rings. The normalized spacial score (nSPS) is 11.6. The molecule has 1 aliphatic rings. The van der Waals surface area contributed by atoms with E-state index in [1.54, 1.807) is 6.20 Å². The molecule has 0 amide bonds. The number of rotatable bonds is 6. The molecule has 1 aliphatic carbocycles. The third-order valence-corrected chi connectivity index (χ3v) is 10.4. The number of nitrogens with zero attached hydrogens (tertiary/aromatic N) is 3. The van der Waals surface area contributed by atoms with Gasteiger partial charge in [-0.1, -0.05) is 146 Å². The molecule has 3 nitrogen and oxygen atoms in total. The summed E-state index contributed by atoms with van der Waals surface area (Å²) in [4.78, 5) is 0. The van der Waals surface area contributed by atoms with Gasteiger partial charge in [-0.05, 0) is 121 Å². The van der Waals surface area contributed by atoms with E-state index in [9.17, 15) is 0 Å². The van der Waals surface area contributed by atoms with Crippen LogP contribution in [0, 0.1) is 13.8 Å². The van der Waals surface area contributed by atoms with Crippen LogP contribution in [-0.2, 0) is 6.42 Å². The van der Waals surface area contributed by atoms with Gasteiger partial charge in [-0.2, -0.15) is 0 Å². The number of aromatic nitrogens is 3. The quantitative estimate of drug-likeness (QED) is 0.179. The van der Waals surface area contributed by atoms with Crippen LogP contribution in [0.15, 0.2) is 164 Å². The number of benzene rings is 7. The van der Waals surface area contributed by atoms with Crippen LogP contribution in [0.3, 0.4) is 0 Å². The Morgan fingerprint density at radius 2 is 1.02 bits per heavy atom. The minimum atomic E-state index is 0.792. The van der Waals surface area contributed by atoms with E-state index in [2.05, 4.69) is 176 Å². The predicted molar refractivity (Wildman–Crippen MR) is 210 cm³/mol. The van der Waals surface area contributed by atoms with Gasteiger partial charge in [0, 0.05) is 11.1 Å². The number of fused-ring (bicyclic) bond motifs is 3. The number of hydrogen-bond donors (Lipinski definition) is 0. The van der Waals surface area contributed by atoms with Crippen molar-refractivity contribution in [2.45, 2.75) is 20.3 Å². The second kappa shape index (κ2) is 12.8. The lowest BCUT2D eigenvalue weighted by Crippen LogP contribution is -2.04. The lowest BCUT2D eigenvalue weighted by molar-refractivity contribution is 0.871. The molecular weight excluding hydrogens is 619 g/mol. The average molecular weight is 654 g/mol. The van der Waals surface area contributed by atoms with E-state index < -0.39 is 0 Å². The van der Waals surface area contributed by atoms with Crippen molar-refractivity contribution in [1.82, 2.24) is 15.4 Å². The molecule has 0 unspecified atom stereocenters. The third-order valence-electron chi connectivity index (χ3n) is 10.4. The zero-order chi connectivity index (χ0) is 34.3. The third kappa shape index (κ3) is 5.26. The average Bonchev–Trinajstić information content (AvgIpc) is 3.57. The van der Waals surface area contributed by atoms with Gasteiger partial charge in [-0.3, -0.25) is 0 Å². The molecule has 51 heavy (non-hydrogen) atoms. The van der Waals surface area contributed by atoms with Crippen LogP contribution in [0.2, 0.25) is 0 Å². The standard InChI is InChI=1S/C48H35N3/c1-31-28-41-38-24-13-12-22-36(38)29-42(41)45(32(31)2)47-43(39-25-15-14-23-37(39)33-16-6-3-7-17-33)30-40(34-18-8-4-9-19-34)46(35-20-10-5-11-21-35)48(47)44-26-27-49-51-50-44/h3-28,30H,29H2,1-2H3. The van der Waals surface area contributed by atoms with Crippen molar-refractivity contribution in [3.8, 4) is 78.0 Å². The fourth-order valence-corrected chi connectivity index (χ4v) is 7.98. The second-order valence-corrected chi connectivity index (χ2v) is 13.3. The first-order valence-corrected chi connectivity index (χ1v) is 17.5. The Balaban J connectivity index is 1.52. The van der Waals surface area contributed by atoms with E-state index in [0.29, 0.717) is 0 Å². The van der Waals surface area contributed by atoms with Gasteiger partial charge in [0.1, 0.15) is 0 Å². The summed E-state index contributed by atoms with van der Waals surface area (Å²) in [6.45, 7) is 4.54. The molecule has 0 aliphatic heterocycles. The van der Waals surface area contributed by atoms with Crippen molar-refractivity contribution in [2.75, 3.05) is 0 Å². The van der Waals surface area contributed by atoms with Crippen molar-refractivity contribution in [3.05, 3.63) is 186 Å². The Morgan fingerprint density at radius 1 is 0.431 bits per heavy atom. The largest absolute Gasteiger partial charge is 0.139 e. The minimum absolute atomic E-state index is 0.792. The van der Waals surface area contributed by atoms with Crippen LogP contribution in [0.1, 0.15) is 22.3 Å². The van der Waals surface area contributed by atoms with Gasteiger partial charge in [-0.15, -0.1) is 10.2 Å². The molecule has 0 saturated heterocycles. The molecule has 0 fully saturated rings. The minimum Gasteiger partial charge on any atom is -0.139 e.